The number of aliphatic hydroxyl groups excluding tert-OH is 1. The maximum atomic E-state index is 11.7. The van der Waals surface area contributed by atoms with E-state index in [9.17, 15) is 14.4 Å². The zero-order valence-electron chi connectivity index (χ0n) is 35.3. The van der Waals surface area contributed by atoms with Gasteiger partial charge < -0.3 is 39.9 Å². The first-order valence-corrected chi connectivity index (χ1v) is 18.5. The zero-order valence-corrected chi connectivity index (χ0v) is 35.3. The highest BCUT2D eigenvalue weighted by Gasteiger charge is 2.28. The van der Waals surface area contributed by atoms with Crippen molar-refractivity contribution in [2.45, 2.75) is 73.1 Å². The van der Waals surface area contributed by atoms with Gasteiger partial charge in [0, 0.05) is 26.6 Å². The van der Waals surface area contributed by atoms with Crippen LogP contribution in [0.1, 0.15) is 57.2 Å². The fraction of sp³-hybridized carbons (Fsp3) is 0.455. The van der Waals surface area contributed by atoms with Crippen molar-refractivity contribution in [3.8, 4) is 11.5 Å². The molecule has 0 radical (unpaired) electrons. The number of nitrogens with zero attached hydrogens (tertiary/aromatic N) is 3. The molecule has 0 spiro atoms. The Morgan fingerprint density at radius 3 is 1.66 bits per heavy atom. The number of aryl methyl sites for hydroxylation is 2. The summed E-state index contributed by atoms with van der Waals surface area (Å²) in [4.78, 5) is 51.1. The lowest BCUT2D eigenvalue weighted by atomic mass is 10.1. The number of aliphatic hydroxyl groups is 1. The molecule has 0 saturated carbocycles. The van der Waals surface area contributed by atoms with Crippen LogP contribution in [0.15, 0.2) is 91.0 Å². The number of likely N-dealkylation sites (N-methyl/N-ethyl adjacent to an activating group) is 1. The maximum absolute atomic E-state index is 11.7. The Hall–Kier alpha value is -4.72. The number of carbonyl (C=O) groups excluding carboxylic acids is 4. The SMILES string of the molecule is C=C(C)CCN(OC(C)Cc1ccccc1)C(CN(C)CC=O)N(C=O)CC=O.C=O.CNCCC(C)C.CO.Cc1ccc(O)cc1.Cc1ccc(O)cc1. The summed E-state index contributed by atoms with van der Waals surface area (Å²) in [6.45, 7) is 20.5. The molecule has 1 amide bonds. The van der Waals surface area contributed by atoms with Gasteiger partial charge in [-0.25, -0.2) is 0 Å². The minimum absolute atomic E-state index is 0.0525. The number of phenols is 2. The molecule has 0 saturated heterocycles. The molecule has 3 rings (SSSR count). The summed E-state index contributed by atoms with van der Waals surface area (Å²) in [5.74, 6) is 1.50. The van der Waals surface area contributed by atoms with Crippen LogP contribution < -0.4 is 5.32 Å². The van der Waals surface area contributed by atoms with Crippen LogP contribution in [-0.4, -0.2) is 122 Å². The van der Waals surface area contributed by atoms with Crippen LogP contribution in [0.5, 0.6) is 11.5 Å². The van der Waals surface area contributed by atoms with E-state index in [-0.39, 0.29) is 19.2 Å². The van der Waals surface area contributed by atoms with Crippen molar-refractivity contribution < 1.29 is 39.3 Å². The molecule has 2 atom stereocenters. The molecule has 0 aliphatic heterocycles. The Balaban J connectivity index is -0.000000830. The van der Waals surface area contributed by atoms with E-state index in [0.29, 0.717) is 50.1 Å². The lowest BCUT2D eigenvalue weighted by Gasteiger charge is -2.39. The molecule has 0 fully saturated rings. The van der Waals surface area contributed by atoms with Crippen molar-refractivity contribution in [1.82, 2.24) is 20.2 Å². The second-order valence-electron chi connectivity index (χ2n) is 13.2. The van der Waals surface area contributed by atoms with Crippen molar-refractivity contribution in [1.29, 1.82) is 0 Å². The molecule has 0 aliphatic carbocycles. The van der Waals surface area contributed by atoms with Gasteiger partial charge in [0.2, 0.25) is 6.41 Å². The number of nitrogens with one attached hydrogen (secondary N) is 1. The predicted octanol–water partition coefficient (Wildman–Crippen LogP) is 6.01. The topological polar surface area (TPSA) is 160 Å². The lowest BCUT2D eigenvalue weighted by molar-refractivity contribution is -0.242. The van der Waals surface area contributed by atoms with E-state index in [2.05, 4.69) is 25.7 Å². The van der Waals surface area contributed by atoms with E-state index in [4.69, 9.17) is 25.0 Å². The highest BCUT2D eigenvalue weighted by atomic mass is 16.7. The van der Waals surface area contributed by atoms with Crippen LogP contribution >= 0.6 is 0 Å². The number of rotatable bonds is 19. The van der Waals surface area contributed by atoms with Gasteiger partial charge in [-0.3, -0.25) is 14.5 Å². The largest absolute Gasteiger partial charge is 0.508 e. The number of aldehydes is 2. The molecule has 4 N–H and O–H groups in total. The normalized spacial score (nSPS) is 10.9. The average Bonchev–Trinajstić information content (AvgIpc) is 3.19. The molecule has 12 nitrogen and oxygen atoms in total. The van der Waals surface area contributed by atoms with Crippen molar-refractivity contribution in [2.24, 2.45) is 5.92 Å². The second-order valence-corrected chi connectivity index (χ2v) is 13.2. The van der Waals surface area contributed by atoms with Gasteiger partial charge in [0.25, 0.3) is 0 Å². The Bertz CT molecular complexity index is 1290. The smallest absolute Gasteiger partial charge is 0.211 e. The highest BCUT2D eigenvalue weighted by molar-refractivity contribution is 5.59. The number of hydrogen-bond donors (Lipinski definition) is 4. The van der Waals surface area contributed by atoms with Gasteiger partial charge >= 0.3 is 0 Å². The van der Waals surface area contributed by atoms with E-state index in [0.717, 1.165) is 37.0 Å². The molecule has 0 bridgehead atoms. The third-order valence-electron chi connectivity index (χ3n) is 7.48. The number of hydrogen-bond acceptors (Lipinski definition) is 11. The van der Waals surface area contributed by atoms with Crippen molar-refractivity contribution in [3.05, 3.63) is 108 Å². The lowest BCUT2D eigenvalue weighted by Crippen LogP contribution is -2.55. The van der Waals surface area contributed by atoms with Crippen molar-refractivity contribution >= 4 is 25.8 Å². The Kier molecular flexibility index (Phi) is 37.0. The maximum Gasteiger partial charge on any atom is 0.211 e. The third-order valence-corrected chi connectivity index (χ3v) is 7.48. The summed E-state index contributed by atoms with van der Waals surface area (Å²) in [6.07, 6.45) is 4.15. The van der Waals surface area contributed by atoms with Crippen LogP contribution in [0, 0.1) is 19.8 Å². The van der Waals surface area contributed by atoms with Crippen LogP contribution in [0.3, 0.4) is 0 Å². The molecule has 0 heterocycles. The van der Waals surface area contributed by atoms with Gasteiger partial charge in [-0.1, -0.05) is 85.1 Å². The van der Waals surface area contributed by atoms with E-state index in [1.165, 1.54) is 22.4 Å². The molecule has 3 aromatic carbocycles. The molecule has 3 aromatic rings. The van der Waals surface area contributed by atoms with Crippen LogP contribution in [0.4, 0.5) is 0 Å². The summed E-state index contributed by atoms with van der Waals surface area (Å²) in [5.41, 5.74) is 4.47. The molecular weight excluding hydrogens is 713 g/mol. The van der Waals surface area contributed by atoms with Gasteiger partial charge in [0.1, 0.15) is 37.0 Å². The van der Waals surface area contributed by atoms with E-state index in [1.54, 1.807) is 41.3 Å². The Labute approximate surface area is 336 Å². The van der Waals surface area contributed by atoms with Gasteiger partial charge in [-0.15, -0.1) is 6.58 Å². The van der Waals surface area contributed by atoms with Crippen LogP contribution in [0.25, 0.3) is 0 Å². The average molecular weight is 783 g/mol. The minimum Gasteiger partial charge on any atom is -0.508 e. The number of amides is 1. The molecule has 12 heteroatoms. The molecule has 2 unspecified atom stereocenters. The first-order chi connectivity index (χ1) is 26.8. The quantitative estimate of drug-likeness (QED) is 0.0489. The van der Waals surface area contributed by atoms with Crippen molar-refractivity contribution in [3.63, 3.8) is 0 Å². The number of benzene rings is 3. The summed E-state index contributed by atoms with van der Waals surface area (Å²) in [7, 11) is 4.78. The fourth-order valence-corrected chi connectivity index (χ4v) is 4.47. The fourth-order valence-electron chi connectivity index (χ4n) is 4.47. The molecule has 0 aromatic heterocycles. The first-order valence-electron chi connectivity index (χ1n) is 18.5. The third kappa shape index (κ3) is 31.6. The molecule has 314 valence electrons. The number of aromatic hydroxyl groups is 2. The second kappa shape index (κ2) is 37.2. The number of carbonyl (C=O) groups is 4. The summed E-state index contributed by atoms with van der Waals surface area (Å²) in [6, 6.07) is 24.2. The Morgan fingerprint density at radius 2 is 1.30 bits per heavy atom. The highest BCUT2D eigenvalue weighted by Crippen LogP contribution is 2.15. The minimum atomic E-state index is -0.514. The monoisotopic (exact) mass is 783 g/mol. The summed E-state index contributed by atoms with van der Waals surface area (Å²) < 4.78 is 0. The summed E-state index contributed by atoms with van der Waals surface area (Å²) in [5, 5.41) is 29.3. The van der Waals surface area contributed by atoms with Gasteiger partial charge in [0.15, 0.2) is 0 Å². The number of phenolic OH excluding ortho intramolecular Hbond substituents is 2. The predicted molar refractivity (Wildman–Crippen MR) is 227 cm³/mol. The van der Waals surface area contributed by atoms with Gasteiger partial charge in [0.05, 0.1) is 19.2 Å². The molecule has 56 heavy (non-hydrogen) atoms. The van der Waals surface area contributed by atoms with E-state index >= 15 is 0 Å². The summed E-state index contributed by atoms with van der Waals surface area (Å²) >= 11 is 0. The van der Waals surface area contributed by atoms with Gasteiger partial charge in [-0.2, -0.15) is 5.06 Å². The first kappa shape index (κ1) is 55.6. The zero-order chi connectivity index (χ0) is 43.3. The standard InChI is InChI=1S/C22H33N3O4.2C7H8O.C6H15N.CH4O.CH2O/c1-19(2)10-11-25(29-20(3)16-21-8-6-5-7-9-21)22(17-23(4)12-14-26)24(18-28)13-15-27;2*1-6-2-4-7(8)5-3-6;1-6(2)4-5-7-3;2*1-2/h5-9,14-15,18,20,22H,1,10-13,16-17H2,2-4H3;2*2-5,8H,1H3;6-7H,4-5H2,1-3H3;2H,1H3;1H2. The molecular formula is C44H70N4O8. The number of hydroxylamine groups is 2. The van der Waals surface area contributed by atoms with Crippen LogP contribution in [-0.2, 0) is 30.4 Å². The van der Waals surface area contributed by atoms with E-state index in [1.807, 2.05) is 96.1 Å². The Morgan fingerprint density at radius 1 is 0.821 bits per heavy atom. The molecule has 0 aliphatic rings. The van der Waals surface area contributed by atoms with E-state index < -0.39 is 6.17 Å². The van der Waals surface area contributed by atoms with Crippen molar-refractivity contribution in [2.75, 3.05) is 53.9 Å². The van der Waals surface area contributed by atoms with Gasteiger partial charge in [-0.05, 0) is 96.9 Å². The van der Waals surface area contributed by atoms with Crippen LogP contribution in [0.2, 0.25) is 0 Å².